The van der Waals surface area contributed by atoms with E-state index in [0.717, 1.165) is 16.9 Å². The van der Waals surface area contributed by atoms with E-state index < -0.39 is 0 Å². The van der Waals surface area contributed by atoms with Crippen molar-refractivity contribution in [3.8, 4) is 0 Å². The van der Waals surface area contributed by atoms with Crippen LogP contribution >= 0.6 is 0 Å². The molecule has 2 heterocycles. The summed E-state index contributed by atoms with van der Waals surface area (Å²) in [5.41, 5.74) is 2.98. The van der Waals surface area contributed by atoms with Gasteiger partial charge >= 0.3 is 6.03 Å². The van der Waals surface area contributed by atoms with E-state index in [4.69, 9.17) is 0 Å². The number of hydrogen-bond acceptors (Lipinski definition) is 4. The number of carbonyl (C=O) groups is 1. The maximum Gasteiger partial charge on any atom is 0.320 e. The van der Waals surface area contributed by atoms with Crippen LogP contribution in [0.3, 0.4) is 0 Å². The van der Waals surface area contributed by atoms with Crippen LogP contribution in [-0.2, 0) is 12.5 Å². The number of amides is 2. The summed E-state index contributed by atoms with van der Waals surface area (Å²) < 4.78 is 1.68. The van der Waals surface area contributed by atoms with Crippen molar-refractivity contribution in [3.63, 3.8) is 0 Å². The number of urea groups is 1. The third kappa shape index (κ3) is 4.71. The topological polar surface area (TPSA) is 83.9 Å². The van der Waals surface area contributed by atoms with Crippen LogP contribution in [0.4, 0.5) is 16.3 Å². The molecule has 0 radical (unpaired) electrons. The van der Waals surface area contributed by atoms with E-state index in [2.05, 4.69) is 46.8 Å². The molecule has 0 fully saturated rings. The van der Waals surface area contributed by atoms with Gasteiger partial charge in [-0.1, -0.05) is 20.8 Å². The number of aryl methyl sites for hydroxylation is 2. The second-order valence-electron chi connectivity index (χ2n) is 6.79. The van der Waals surface area contributed by atoms with Gasteiger partial charge in [-0.2, -0.15) is 5.10 Å². The van der Waals surface area contributed by atoms with Crippen molar-refractivity contribution < 1.29 is 4.79 Å². The quantitative estimate of drug-likeness (QED) is 0.736. The van der Waals surface area contributed by atoms with Crippen molar-refractivity contribution in [2.75, 3.05) is 23.7 Å². The highest BCUT2D eigenvalue weighted by molar-refractivity contribution is 5.88. The first-order chi connectivity index (χ1) is 11.3. The molecule has 0 aromatic carbocycles. The second kappa shape index (κ2) is 7.33. The van der Waals surface area contributed by atoms with Gasteiger partial charge in [-0.3, -0.25) is 15.0 Å². The monoisotopic (exact) mass is 330 g/mol. The van der Waals surface area contributed by atoms with Gasteiger partial charge in [0, 0.05) is 49.7 Å². The standard InChI is InChI=1S/C17H26N6O/c1-12-11-18-7-6-13(12)19-8-9-20-16(24)21-15-10-14(17(2,3)4)22-23(15)5/h6-7,10-11H,8-9H2,1-5H3,(H,18,19)(H2,20,21,24). The van der Waals surface area contributed by atoms with Gasteiger partial charge in [0.05, 0.1) is 5.69 Å². The van der Waals surface area contributed by atoms with Crippen LogP contribution in [0.25, 0.3) is 0 Å². The largest absolute Gasteiger partial charge is 0.383 e. The van der Waals surface area contributed by atoms with Crippen LogP contribution in [0.15, 0.2) is 24.5 Å². The molecule has 3 N–H and O–H groups in total. The summed E-state index contributed by atoms with van der Waals surface area (Å²) in [7, 11) is 1.82. The minimum absolute atomic E-state index is 0.0551. The molecule has 2 aromatic rings. The molecule has 0 saturated heterocycles. The van der Waals surface area contributed by atoms with Crippen LogP contribution in [0, 0.1) is 6.92 Å². The van der Waals surface area contributed by atoms with Gasteiger partial charge < -0.3 is 10.6 Å². The van der Waals surface area contributed by atoms with Crippen molar-refractivity contribution in [1.82, 2.24) is 20.1 Å². The molecule has 7 heteroatoms. The van der Waals surface area contributed by atoms with E-state index in [1.54, 1.807) is 17.1 Å². The summed E-state index contributed by atoms with van der Waals surface area (Å²) in [6.07, 6.45) is 3.54. The van der Waals surface area contributed by atoms with Gasteiger partial charge in [0.2, 0.25) is 0 Å². The Bertz CT molecular complexity index is 701. The minimum atomic E-state index is -0.244. The Kier molecular flexibility index (Phi) is 5.43. The Labute approximate surface area is 142 Å². The average molecular weight is 330 g/mol. The van der Waals surface area contributed by atoms with Gasteiger partial charge in [0.25, 0.3) is 0 Å². The zero-order chi connectivity index (χ0) is 17.7. The third-order valence-electron chi connectivity index (χ3n) is 3.64. The predicted molar refractivity (Wildman–Crippen MR) is 96.4 cm³/mol. The molecule has 0 aliphatic rings. The molecule has 0 spiro atoms. The van der Waals surface area contributed by atoms with Crippen LogP contribution in [0.5, 0.6) is 0 Å². The van der Waals surface area contributed by atoms with Gasteiger partial charge in [0.15, 0.2) is 0 Å². The van der Waals surface area contributed by atoms with E-state index in [-0.39, 0.29) is 11.4 Å². The summed E-state index contributed by atoms with van der Waals surface area (Å²) in [6, 6.07) is 3.57. The first kappa shape index (κ1) is 17.8. The smallest absolute Gasteiger partial charge is 0.320 e. The van der Waals surface area contributed by atoms with Crippen molar-refractivity contribution >= 4 is 17.5 Å². The van der Waals surface area contributed by atoms with E-state index in [1.807, 2.05) is 26.1 Å². The van der Waals surface area contributed by atoms with Crippen LogP contribution in [0.1, 0.15) is 32.0 Å². The summed E-state index contributed by atoms with van der Waals surface area (Å²) in [5.74, 6) is 0.676. The Hall–Kier alpha value is -2.57. The number of pyridine rings is 1. The van der Waals surface area contributed by atoms with Crippen molar-refractivity contribution in [2.45, 2.75) is 33.1 Å². The lowest BCUT2D eigenvalue weighted by atomic mass is 9.92. The van der Waals surface area contributed by atoms with E-state index in [1.165, 1.54) is 0 Å². The average Bonchev–Trinajstić information content (AvgIpc) is 2.86. The maximum atomic E-state index is 12.0. The molecule has 0 unspecified atom stereocenters. The fraction of sp³-hybridized carbons (Fsp3) is 0.471. The number of anilines is 2. The minimum Gasteiger partial charge on any atom is -0.383 e. The van der Waals surface area contributed by atoms with Gasteiger partial charge in [0.1, 0.15) is 5.82 Å². The SMILES string of the molecule is Cc1cnccc1NCCNC(=O)Nc1cc(C(C)(C)C)nn1C. The Balaban J connectivity index is 1.80. The number of aromatic nitrogens is 3. The summed E-state index contributed by atoms with van der Waals surface area (Å²) >= 11 is 0. The first-order valence-electron chi connectivity index (χ1n) is 8.01. The van der Waals surface area contributed by atoms with E-state index in [9.17, 15) is 4.79 Å². The highest BCUT2D eigenvalue weighted by atomic mass is 16.2. The van der Waals surface area contributed by atoms with Crippen LogP contribution in [-0.4, -0.2) is 33.9 Å². The van der Waals surface area contributed by atoms with E-state index >= 15 is 0 Å². The molecule has 2 amide bonds. The molecule has 130 valence electrons. The Morgan fingerprint density at radius 3 is 2.67 bits per heavy atom. The molecule has 2 aromatic heterocycles. The van der Waals surface area contributed by atoms with Gasteiger partial charge in [-0.05, 0) is 18.6 Å². The van der Waals surface area contributed by atoms with Gasteiger partial charge in [-0.25, -0.2) is 4.79 Å². The fourth-order valence-corrected chi connectivity index (χ4v) is 2.16. The predicted octanol–water partition coefficient (Wildman–Crippen LogP) is 2.65. The highest BCUT2D eigenvalue weighted by Gasteiger charge is 2.19. The maximum absolute atomic E-state index is 12.0. The fourth-order valence-electron chi connectivity index (χ4n) is 2.16. The summed E-state index contributed by atoms with van der Waals surface area (Å²) in [4.78, 5) is 16.0. The van der Waals surface area contributed by atoms with Crippen molar-refractivity contribution in [1.29, 1.82) is 0 Å². The summed E-state index contributed by atoms with van der Waals surface area (Å²) in [6.45, 7) is 9.41. The lowest BCUT2D eigenvalue weighted by Gasteiger charge is -2.13. The van der Waals surface area contributed by atoms with Crippen LogP contribution in [0.2, 0.25) is 0 Å². The molecule has 0 bridgehead atoms. The molecule has 0 atom stereocenters. The second-order valence-corrected chi connectivity index (χ2v) is 6.79. The van der Waals surface area contributed by atoms with E-state index in [0.29, 0.717) is 18.9 Å². The molecule has 7 nitrogen and oxygen atoms in total. The zero-order valence-electron chi connectivity index (χ0n) is 15.0. The highest BCUT2D eigenvalue weighted by Crippen LogP contribution is 2.23. The van der Waals surface area contributed by atoms with Crippen LogP contribution < -0.4 is 16.0 Å². The first-order valence-corrected chi connectivity index (χ1v) is 8.01. The molecule has 24 heavy (non-hydrogen) atoms. The van der Waals surface area contributed by atoms with Crippen molar-refractivity contribution in [2.24, 2.45) is 7.05 Å². The molecule has 0 aliphatic heterocycles. The molecule has 2 rings (SSSR count). The van der Waals surface area contributed by atoms with Crippen molar-refractivity contribution in [3.05, 3.63) is 35.8 Å². The van der Waals surface area contributed by atoms with Gasteiger partial charge in [-0.15, -0.1) is 0 Å². The lowest BCUT2D eigenvalue weighted by Crippen LogP contribution is -2.33. The number of rotatable bonds is 5. The number of carbonyl (C=O) groups excluding carboxylic acids is 1. The number of nitrogens with one attached hydrogen (secondary N) is 3. The Morgan fingerprint density at radius 1 is 1.29 bits per heavy atom. The molecule has 0 saturated carbocycles. The molecule has 0 aliphatic carbocycles. The third-order valence-corrected chi connectivity index (χ3v) is 3.64. The zero-order valence-corrected chi connectivity index (χ0v) is 15.0. The Morgan fingerprint density at radius 2 is 2.04 bits per heavy atom. The molecular formula is C17H26N6O. The number of hydrogen-bond donors (Lipinski definition) is 3. The lowest BCUT2D eigenvalue weighted by molar-refractivity contribution is 0.252. The normalized spacial score (nSPS) is 11.2. The number of nitrogens with zero attached hydrogens (tertiary/aromatic N) is 3. The summed E-state index contributed by atoms with van der Waals surface area (Å²) in [5, 5.41) is 13.4. The molecular weight excluding hydrogens is 304 g/mol.